The molecule has 108 valence electrons. The lowest BCUT2D eigenvalue weighted by Gasteiger charge is -2.08. The minimum absolute atomic E-state index is 0.728. The van der Waals surface area contributed by atoms with Crippen molar-refractivity contribution >= 4 is 33.6 Å². The van der Waals surface area contributed by atoms with E-state index in [1.54, 1.807) is 11.3 Å². The van der Waals surface area contributed by atoms with Gasteiger partial charge in [0.15, 0.2) is 11.6 Å². The van der Waals surface area contributed by atoms with Gasteiger partial charge in [0, 0.05) is 11.8 Å². The second-order valence-corrected chi connectivity index (χ2v) is 6.10. The molecular formula is C17H14N4S. The van der Waals surface area contributed by atoms with Crippen molar-refractivity contribution in [3.05, 3.63) is 53.0 Å². The van der Waals surface area contributed by atoms with Gasteiger partial charge in [-0.15, -0.1) is 11.3 Å². The zero-order valence-corrected chi connectivity index (χ0v) is 12.9. The molecule has 0 spiro atoms. The van der Waals surface area contributed by atoms with Crippen molar-refractivity contribution in [3.8, 4) is 11.4 Å². The van der Waals surface area contributed by atoms with E-state index >= 15 is 0 Å². The van der Waals surface area contributed by atoms with Crippen molar-refractivity contribution in [2.24, 2.45) is 4.99 Å². The quantitative estimate of drug-likeness (QED) is 0.794. The number of aromatic nitrogens is 2. The Balaban J connectivity index is 1.84. The van der Waals surface area contributed by atoms with Gasteiger partial charge in [0.2, 0.25) is 0 Å². The molecule has 4 nitrogen and oxygen atoms in total. The molecular weight excluding hydrogens is 292 g/mol. The summed E-state index contributed by atoms with van der Waals surface area (Å²) in [6.45, 7) is 2.80. The Labute approximate surface area is 132 Å². The Morgan fingerprint density at radius 1 is 1.18 bits per heavy atom. The number of fused-ring (bicyclic) bond motifs is 1. The topological polar surface area (TPSA) is 50.2 Å². The van der Waals surface area contributed by atoms with Crippen LogP contribution in [-0.2, 0) is 0 Å². The van der Waals surface area contributed by atoms with Crippen LogP contribution in [0.1, 0.15) is 5.56 Å². The number of hydrogen-bond acceptors (Lipinski definition) is 5. The first-order chi connectivity index (χ1) is 10.8. The first-order valence-corrected chi connectivity index (χ1v) is 7.97. The summed E-state index contributed by atoms with van der Waals surface area (Å²) in [6, 6.07) is 10.3. The number of anilines is 1. The highest BCUT2D eigenvalue weighted by Gasteiger charge is 2.12. The monoisotopic (exact) mass is 306 g/mol. The fourth-order valence-electron chi connectivity index (χ4n) is 2.44. The molecule has 1 aliphatic rings. The zero-order chi connectivity index (χ0) is 14.9. The smallest absolute Gasteiger partial charge is 0.162 e. The van der Waals surface area contributed by atoms with E-state index in [0.29, 0.717) is 0 Å². The number of benzene rings is 1. The van der Waals surface area contributed by atoms with Crippen LogP contribution in [0.25, 0.3) is 21.6 Å². The molecule has 1 aliphatic heterocycles. The summed E-state index contributed by atoms with van der Waals surface area (Å²) in [5.74, 6) is 1.59. The summed E-state index contributed by atoms with van der Waals surface area (Å²) in [5.41, 5.74) is 4.19. The molecule has 2 aromatic heterocycles. The first kappa shape index (κ1) is 13.2. The van der Waals surface area contributed by atoms with Gasteiger partial charge in [-0.25, -0.2) is 9.97 Å². The normalized spacial score (nSPS) is 13.6. The zero-order valence-electron chi connectivity index (χ0n) is 12.1. The second-order valence-electron chi connectivity index (χ2n) is 5.18. The molecule has 3 heterocycles. The van der Waals surface area contributed by atoms with E-state index in [2.05, 4.69) is 34.3 Å². The van der Waals surface area contributed by atoms with Gasteiger partial charge >= 0.3 is 0 Å². The van der Waals surface area contributed by atoms with Crippen LogP contribution in [0, 0.1) is 6.92 Å². The summed E-state index contributed by atoms with van der Waals surface area (Å²) >= 11 is 1.65. The van der Waals surface area contributed by atoms with Crippen LogP contribution in [0.15, 0.2) is 52.5 Å². The number of aliphatic imine (C=N–C) groups is 1. The van der Waals surface area contributed by atoms with E-state index in [9.17, 15) is 0 Å². The van der Waals surface area contributed by atoms with E-state index in [-0.39, 0.29) is 0 Å². The van der Waals surface area contributed by atoms with E-state index < -0.39 is 0 Å². The summed E-state index contributed by atoms with van der Waals surface area (Å²) in [6.07, 6.45) is 3.89. The van der Waals surface area contributed by atoms with E-state index in [1.165, 1.54) is 5.56 Å². The van der Waals surface area contributed by atoms with Gasteiger partial charge in [-0.2, -0.15) is 0 Å². The molecule has 0 saturated heterocycles. The first-order valence-electron chi connectivity index (χ1n) is 7.09. The predicted molar refractivity (Wildman–Crippen MR) is 92.7 cm³/mol. The van der Waals surface area contributed by atoms with Gasteiger partial charge in [0.25, 0.3) is 0 Å². The third-order valence-corrected chi connectivity index (χ3v) is 4.40. The fraction of sp³-hybridized carbons (Fsp3) is 0.118. The second kappa shape index (κ2) is 5.35. The minimum atomic E-state index is 0.728. The van der Waals surface area contributed by atoms with Gasteiger partial charge in [-0.05, 0) is 30.5 Å². The predicted octanol–water partition coefficient (Wildman–Crippen LogP) is 4.05. The lowest BCUT2D eigenvalue weighted by Crippen LogP contribution is -2.03. The van der Waals surface area contributed by atoms with E-state index in [0.717, 1.165) is 39.7 Å². The van der Waals surface area contributed by atoms with Gasteiger partial charge in [-0.1, -0.05) is 23.8 Å². The van der Waals surface area contributed by atoms with Crippen LogP contribution in [0.3, 0.4) is 0 Å². The SMILES string of the molecule is Cc1cccc(-c2nc(NC3=CCN=C3)c3sccc3n2)c1. The third kappa shape index (κ3) is 2.40. The molecule has 0 radical (unpaired) electrons. The van der Waals surface area contributed by atoms with E-state index in [1.807, 2.05) is 35.9 Å². The number of nitrogens with zero attached hydrogens (tertiary/aromatic N) is 3. The van der Waals surface area contributed by atoms with Crippen molar-refractivity contribution in [3.63, 3.8) is 0 Å². The van der Waals surface area contributed by atoms with Crippen LogP contribution in [0.4, 0.5) is 5.82 Å². The molecule has 3 aromatic rings. The number of nitrogens with one attached hydrogen (secondary N) is 1. The highest BCUT2D eigenvalue weighted by Crippen LogP contribution is 2.30. The van der Waals surface area contributed by atoms with Crippen LogP contribution < -0.4 is 5.32 Å². The summed E-state index contributed by atoms with van der Waals surface area (Å²) in [7, 11) is 0. The number of rotatable bonds is 3. The van der Waals surface area contributed by atoms with Crippen LogP contribution in [0.5, 0.6) is 0 Å². The van der Waals surface area contributed by atoms with Crippen LogP contribution >= 0.6 is 11.3 Å². The average molecular weight is 306 g/mol. The number of aryl methyl sites for hydroxylation is 1. The molecule has 0 amide bonds. The third-order valence-electron chi connectivity index (χ3n) is 3.49. The molecule has 0 atom stereocenters. The Kier molecular flexibility index (Phi) is 3.20. The van der Waals surface area contributed by atoms with Gasteiger partial charge in [0.05, 0.1) is 22.5 Å². The molecule has 22 heavy (non-hydrogen) atoms. The molecule has 0 bridgehead atoms. The number of hydrogen-bond donors (Lipinski definition) is 1. The summed E-state index contributed by atoms with van der Waals surface area (Å²) in [5, 5.41) is 5.41. The Morgan fingerprint density at radius 3 is 2.95 bits per heavy atom. The van der Waals surface area contributed by atoms with Crippen molar-refractivity contribution in [2.75, 3.05) is 11.9 Å². The maximum atomic E-state index is 4.73. The maximum absolute atomic E-state index is 4.73. The highest BCUT2D eigenvalue weighted by molar-refractivity contribution is 7.17. The lowest BCUT2D eigenvalue weighted by molar-refractivity contribution is 1.22. The number of thiophene rings is 1. The van der Waals surface area contributed by atoms with Crippen LogP contribution in [-0.4, -0.2) is 22.7 Å². The molecule has 0 aliphatic carbocycles. The van der Waals surface area contributed by atoms with Crippen molar-refractivity contribution in [1.82, 2.24) is 9.97 Å². The molecule has 0 fully saturated rings. The molecule has 0 unspecified atom stereocenters. The largest absolute Gasteiger partial charge is 0.338 e. The molecule has 5 heteroatoms. The van der Waals surface area contributed by atoms with Crippen molar-refractivity contribution < 1.29 is 0 Å². The standard InChI is InChI=1S/C17H14N4S/c1-11-3-2-4-12(9-11)16-20-14-6-8-22-15(14)17(21-16)19-13-5-7-18-10-13/h2-6,8-10H,7H2,1H3,(H,19,20,21). The van der Waals surface area contributed by atoms with Gasteiger partial charge in [-0.3, -0.25) is 4.99 Å². The maximum Gasteiger partial charge on any atom is 0.162 e. The fourth-order valence-corrected chi connectivity index (χ4v) is 3.21. The summed E-state index contributed by atoms with van der Waals surface area (Å²) < 4.78 is 1.07. The highest BCUT2D eigenvalue weighted by atomic mass is 32.1. The summed E-state index contributed by atoms with van der Waals surface area (Å²) in [4.78, 5) is 13.6. The Hall–Kier alpha value is -2.53. The van der Waals surface area contributed by atoms with Crippen molar-refractivity contribution in [1.29, 1.82) is 0 Å². The minimum Gasteiger partial charge on any atom is -0.338 e. The lowest BCUT2D eigenvalue weighted by atomic mass is 10.1. The Morgan fingerprint density at radius 2 is 2.14 bits per heavy atom. The van der Waals surface area contributed by atoms with E-state index in [4.69, 9.17) is 4.98 Å². The van der Waals surface area contributed by atoms with Crippen molar-refractivity contribution in [2.45, 2.75) is 6.92 Å². The van der Waals surface area contributed by atoms with Gasteiger partial charge < -0.3 is 5.32 Å². The molecule has 1 N–H and O–H groups in total. The van der Waals surface area contributed by atoms with Crippen LogP contribution in [0.2, 0.25) is 0 Å². The molecule has 1 aromatic carbocycles. The number of allylic oxidation sites excluding steroid dienone is 1. The molecule has 4 rings (SSSR count). The van der Waals surface area contributed by atoms with Gasteiger partial charge in [0.1, 0.15) is 0 Å². The average Bonchev–Trinajstić information content (AvgIpc) is 3.18. The molecule has 0 saturated carbocycles. The Bertz CT molecular complexity index is 908.